The molecular formula is C23H34IN5OS. The van der Waals surface area contributed by atoms with E-state index in [2.05, 4.69) is 63.1 Å². The van der Waals surface area contributed by atoms with Crippen LogP contribution in [-0.4, -0.2) is 55.5 Å². The lowest BCUT2D eigenvalue weighted by Gasteiger charge is -2.33. The Hall–Kier alpha value is -1.65. The normalized spacial score (nSPS) is 15.2. The van der Waals surface area contributed by atoms with Gasteiger partial charge in [0.15, 0.2) is 5.96 Å². The van der Waals surface area contributed by atoms with Crippen LogP contribution in [-0.2, 0) is 6.54 Å². The molecule has 0 bridgehead atoms. The van der Waals surface area contributed by atoms with Gasteiger partial charge in [0.2, 0.25) is 0 Å². The first kappa shape index (κ1) is 25.6. The van der Waals surface area contributed by atoms with Crippen LogP contribution in [0.3, 0.4) is 0 Å². The number of nitrogens with zero attached hydrogens (tertiary/aromatic N) is 2. The quantitative estimate of drug-likeness (QED) is 0.191. The maximum atomic E-state index is 11.9. The van der Waals surface area contributed by atoms with E-state index < -0.39 is 0 Å². The monoisotopic (exact) mass is 555 g/mol. The lowest BCUT2D eigenvalue weighted by Crippen LogP contribution is -2.48. The van der Waals surface area contributed by atoms with Gasteiger partial charge in [-0.3, -0.25) is 14.7 Å². The first-order valence-corrected chi connectivity index (χ1v) is 11.8. The smallest absolute Gasteiger partial charge is 0.261 e. The largest absolute Gasteiger partial charge is 0.357 e. The van der Waals surface area contributed by atoms with Crippen LogP contribution in [0.2, 0.25) is 0 Å². The molecular weight excluding hydrogens is 521 g/mol. The van der Waals surface area contributed by atoms with Crippen molar-refractivity contribution in [2.24, 2.45) is 4.99 Å². The average Bonchev–Trinajstić information content (AvgIpc) is 3.31. The van der Waals surface area contributed by atoms with Gasteiger partial charge in [0.1, 0.15) is 0 Å². The second kappa shape index (κ2) is 14.4. The molecule has 3 rings (SSSR count). The lowest BCUT2D eigenvalue weighted by atomic mass is 10.0. The molecule has 1 aliphatic rings. The van der Waals surface area contributed by atoms with Crippen LogP contribution in [0.15, 0.2) is 52.8 Å². The second-order valence-corrected chi connectivity index (χ2v) is 8.48. The van der Waals surface area contributed by atoms with Crippen molar-refractivity contribution in [3.8, 4) is 0 Å². The Morgan fingerprint density at radius 2 is 1.90 bits per heavy atom. The third-order valence-electron chi connectivity index (χ3n) is 5.16. The minimum atomic E-state index is 0. The summed E-state index contributed by atoms with van der Waals surface area (Å²) in [5, 5.41) is 11.8. The Morgan fingerprint density at radius 3 is 2.58 bits per heavy atom. The number of rotatable bonds is 9. The van der Waals surface area contributed by atoms with E-state index in [1.165, 1.54) is 16.9 Å². The minimum Gasteiger partial charge on any atom is -0.357 e. The number of hydrogen-bond acceptors (Lipinski definition) is 4. The second-order valence-electron chi connectivity index (χ2n) is 7.53. The third kappa shape index (κ3) is 9.16. The average molecular weight is 556 g/mol. The Kier molecular flexibility index (Phi) is 11.9. The Labute approximate surface area is 206 Å². The highest BCUT2D eigenvalue weighted by Gasteiger charge is 2.20. The van der Waals surface area contributed by atoms with E-state index in [9.17, 15) is 4.79 Å². The fourth-order valence-corrected chi connectivity index (χ4v) is 4.20. The number of carbonyl (C=O) groups is 1. The molecule has 0 atom stereocenters. The molecule has 8 heteroatoms. The van der Waals surface area contributed by atoms with E-state index in [0.717, 1.165) is 56.3 Å². The molecule has 31 heavy (non-hydrogen) atoms. The summed E-state index contributed by atoms with van der Waals surface area (Å²) in [6, 6.07) is 14.9. The number of likely N-dealkylation sites (tertiary alicyclic amines) is 1. The molecule has 0 radical (unpaired) electrons. The van der Waals surface area contributed by atoms with Crippen LogP contribution in [0.5, 0.6) is 0 Å². The Morgan fingerprint density at radius 1 is 1.13 bits per heavy atom. The third-order valence-corrected chi connectivity index (χ3v) is 6.03. The van der Waals surface area contributed by atoms with Gasteiger partial charge in [-0.2, -0.15) is 0 Å². The molecule has 1 aromatic heterocycles. The van der Waals surface area contributed by atoms with E-state index in [4.69, 9.17) is 0 Å². The number of guanidine groups is 1. The highest BCUT2D eigenvalue weighted by Crippen LogP contribution is 2.14. The van der Waals surface area contributed by atoms with Gasteiger partial charge in [0.25, 0.3) is 5.91 Å². The van der Waals surface area contributed by atoms with Gasteiger partial charge in [-0.15, -0.1) is 35.3 Å². The standard InChI is InChI=1S/C23H33N5OS.HI/c1-2-24-23(26-14-7-13-25-22(29)21-10-6-17-30-21)27-20-11-15-28(16-12-20)18-19-8-4-3-5-9-19;/h3-6,8-10,17,20H,2,7,11-16,18H2,1H3,(H,25,29)(H2,24,26,27);1H. The molecule has 1 fully saturated rings. The summed E-state index contributed by atoms with van der Waals surface area (Å²) in [5.41, 5.74) is 1.38. The molecule has 1 amide bonds. The molecule has 0 spiro atoms. The predicted octanol–water partition coefficient (Wildman–Crippen LogP) is 3.71. The van der Waals surface area contributed by atoms with Crippen molar-refractivity contribution in [3.05, 3.63) is 58.3 Å². The van der Waals surface area contributed by atoms with Gasteiger partial charge in [-0.05, 0) is 43.2 Å². The summed E-state index contributed by atoms with van der Waals surface area (Å²) in [4.78, 5) is 19.9. The van der Waals surface area contributed by atoms with E-state index in [1.807, 2.05) is 17.5 Å². The van der Waals surface area contributed by atoms with E-state index in [-0.39, 0.29) is 29.9 Å². The van der Waals surface area contributed by atoms with Gasteiger partial charge >= 0.3 is 0 Å². The Balaban J connectivity index is 0.00000341. The molecule has 6 nitrogen and oxygen atoms in total. The molecule has 170 valence electrons. The first-order chi connectivity index (χ1) is 14.7. The molecule has 2 heterocycles. The summed E-state index contributed by atoms with van der Waals surface area (Å²) in [5.74, 6) is 0.880. The zero-order chi connectivity index (χ0) is 21.0. The highest BCUT2D eigenvalue weighted by molar-refractivity contribution is 14.0. The number of thiophene rings is 1. The molecule has 1 aromatic carbocycles. The maximum Gasteiger partial charge on any atom is 0.261 e. The Bertz CT molecular complexity index is 777. The number of benzene rings is 1. The van der Waals surface area contributed by atoms with Gasteiger partial charge < -0.3 is 16.0 Å². The maximum absolute atomic E-state index is 11.9. The van der Waals surface area contributed by atoms with E-state index in [1.54, 1.807) is 0 Å². The van der Waals surface area contributed by atoms with Crippen LogP contribution in [0, 0.1) is 0 Å². The summed E-state index contributed by atoms with van der Waals surface area (Å²) in [6.07, 6.45) is 3.06. The van der Waals surface area contributed by atoms with Gasteiger partial charge in [0.05, 0.1) is 4.88 Å². The molecule has 1 saturated heterocycles. The first-order valence-electron chi connectivity index (χ1n) is 10.9. The van der Waals surface area contributed by atoms with Gasteiger partial charge in [0, 0.05) is 45.3 Å². The van der Waals surface area contributed by atoms with Crippen molar-refractivity contribution >= 4 is 47.2 Å². The zero-order valence-corrected chi connectivity index (χ0v) is 21.3. The molecule has 0 saturated carbocycles. The van der Waals surface area contributed by atoms with Crippen molar-refractivity contribution < 1.29 is 4.79 Å². The van der Waals surface area contributed by atoms with Crippen molar-refractivity contribution in [1.82, 2.24) is 20.9 Å². The van der Waals surface area contributed by atoms with Gasteiger partial charge in [-0.1, -0.05) is 36.4 Å². The van der Waals surface area contributed by atoms with Crippen LogP contribution in [0.25, 0.3) is 0 Å². The van der Waals surface area contributed by atoms with Crippen LogP contribution >= 0.6 is 35.3 Å². The lowest BCUT2D eigenvalue weighted by molar-refractivity contribution is 0.0957. The van der Waals surface area contributed by atoms with Gasteiger partial charge in [-0.25, -0.2) is 0 Å². The van der Waals surface area contributed by atoms with E-state index >= 15 is 0 Å². The number of carbonyl (C=O) groups excluding carboxylic acids is 1. The van der Waals surface area contributed by atoms with Crippen LogP contribution in [0.4, 0.5) is 0 Å². The summed E-state index contributed by atoms with van der Waals surface area (Å²) < 4.78 is 0. The van der Waals surface area contributed by atoms with Crippen molar-refractivity contribution in [2.45, 2.75) is 38.8 Å². The topological polar surface area (TPSA) is 68.8 Å². The SMILES string of the molecule is CCNC(=NCCCNC(=O)c1cccs1)NC1CCN(Cc2ccccc2)CC1.I. The summed E-state index contributed by atoms with van der Waals surface area (Å²) in [6.45, 7) is 7.47. The number of nitrogens with one attached hydrogen (secondary N) is 3. The van der Waals surface area contributed by atoms with Crippen molar-refractivity contribution in [1.29, 1.82) is 0 Å². The van der Waals surface area contributed by atoms with Crippen LogP contribution < -0.4 is 16.0 Å². The van der Waals surface area contributed by atoms with E-state index in [0.29, 0.717) is 19.1 Å². The predicted molar refractivity (Wildman–Crippen MR) is 141 cm³/mol. The molecule has 2 aromatic rings. The fourth-order valence-electron chi connectivity index (χ4n) is 3.56. The fraction of sp³-hybridized carbons (Fsp3) is 0.478. The van der Waals surface area contributed by atoms with Crippen molar-refractivity contribution in [3.63, 3.8) is 0 Å². The number of amides is 1. The number of halogens is 1. The minimum absolute atomic E-state index is 0. The summed E-state index contributed by atoms with van der Waals surface area (Å²) >= 11 is 1.46. The van der Waals surface area contributed by atoms with Crippen molar-refractivity contribution in [2.75, 3.05) is 32.7 Å². The number of piperidine rings is 1. The highest BCUT2D eigenvalue weighted by atomic mass is 127. The summed E-state index contributed by atoms with van der Waals surface area (Å²) in [7, 11) is 0. The number of hydrogen-bond donors (Lipinski definition) is 3. The molecule has 3 N–H and O–H groups in total. The molecule has 0 aliphatic carbocycles. The molecule has 0 unspecified atom stereocenters. The molecule has 1 aliphatic heterocycles. The van der Waals surface area contributed by atoms with Crippen LogP contribution in [0.1, 0.15) is 41.4 Å². The number of aliphatic imine (C=N–C) groups is 1. The zero-order valence-electron chi connectivity index (χ0n) is 18.2.